The average Bonchev–Trinajstić information content (AvgIpc) is 2.55. The summed E-state index contributed by atoms with van der Waals surface area (Å²) in [5.41, 5.74) is 8.43. The van der Waals surface area contributed by atoms with Gasteiger partial charge < -0.3 is 15.6 Å². The molecule has 6 heteroatoms. The third-order valence-corrected chi connectivity index (χ3v) is 3.67. The number of methoxy groups -OCH3 is 1. The molecule has 3 aromatic rings. The van der Waals surface area contributed by atoms with Crippen molar-refractivity contribution in [1.29, 1.82) is 0 Å². The summed E-state index contributed by atoms with van der Waals surface area (Å²) in [6, 6.07) is 12.3. The highest BCUT2D eigenvalue weighted by Gasteiger charge is 2.15. The van der Waals surface area contributed by atoms with Gasteiger partial charge in [-0.1, -0.05) is 23.7 Å². The summed E-state index contributed by atoms with van der Waals surface area (Å²) in [5.74, 6) is 0.743. The Kier molecular flexibility index (Phi) is 4.04. The molecule has 5 nitrogen and oxygen atoms in total. The van der Waals surface area contributed by atoms with E-state index in [1.807, 2.05) is 12.1 Å². The van der Waals surface area contributed by atoms with E-state index >= 15 is 0 Å². The first-order valence-corrected chi connectivity index (χ1v) is 7.22. The molecule has 0 spiro atoms. The Balaban J connectivity index is 0.00000208. The fourth-order valence-corrected chi connectivity index (χ4v) is 2.41. The Labute approximate surface area is 139 Å². The van der Waals surface area contributed by atoms with E-state index in [1.165, 1.54) is 13.2 Å². The molecule has 0 fully saturated rings. The van der Waals surface area contributed by atoms with Crippen molar-refractivity contribution in [1.82, 2.24) is 9.97 Å². The van der Waals surface area contributed by atoms with E-state index in [2.05, 4.69) is 9.97 Å². The molecule has 0 bridgehead atoms. The van der Waals surface area contributed by atoms with Gasteiger partial charge in [0.25, 0.3) is 0 Å². The highest BCUT2D eigenvalue weighted by atomic mass is 35.5. The third kappa shape index (κ3) is 3.05. The van der Waals surface area contributed by atoms with Gasteiger partial charge in [0.05, 0.1) is 12.8 Å². The van der Waals surface area contributed by atoms with E-state index in [1.54, 1.807) is 30.5 Å². The predicted octanol–water partition coefficient (Wildman–Crippen LogP) is 4.01. The summed E-state index contributed by atoms with van der Waals surface area (Å²) in [6.07, 6.45) is 1.63. The Morgan fingerprint density at radius 3 is 2.52 bits per heavy atom. The molecule has 118 valence electrons. The van der Waals surface area contributed by atoms with Crippen molar-refractivity contribution in [3.63, 3.8) is 0 Å². The summed E-state index contributed by atoms with van der Waals surface area (Å²) in [6.45, 7) is 0. The summed E-state index contributed by atoms with van der Waals surface area (Å²) in [4.78, 5) is 8.35. The van der Waals surface area contributed by atoms with E-state index in [4.69, 9.17) is 22.1 Å². The van der Waals surface area contributed by atoms with E-state index in [0.717, 1.165) is 11.1 Å². The second kappa shape index (κ2) is 6.14. The summed E-state index contributed by atoms with van der Waals surface area (Å²) in [7, 11) is 1.54. The highest BCUT2D eigenvalue weighted by molar-refractivity contribution is 6.30. The van der Waals surface area contributed by atoms with Gasteiger partial charge in [0.1, 0.15) is 11.5 Å². The number of benzene rings is 2. The van der Waals surface area contributed by atoms with Crippen molar-refractivity contribution in [2.45, 2.75) is 0 Å². The molecule has 0 atom stereocenters. The van der Waals surface area contributed by atoms with Crippen LogP contribution in [0.25, 0.3) is 22.4 Å². The number of phenols is 1. The van der Waals surface area contributed by atoms with Crippen LogP contribution < -0.4 is 10.5 Å². The maximum atomic E-state index is 10.3. The number of ether oxygens (including phenoxy) is 1. The minimum Gasteiger partial charge on any atom is -0.507 e. The minimum absolute atomic E-state index is 0. The van der Waals surface area contributed by atoms with Crippen molar-refractivity contribution in [3.8, 4) is 33.9 Å². The van der Waals surface area contributed by atoms with Crippen LogP contribution in [0.15, 0.2) is 48.7 Å². The van der Waals surface area contributed by atoms with Crippen LogP contribution in [0.4, 0.5) is 5.95 Å². The summed E-state index contributed by atoms with van der Waals surface area (Å²) in [5, 5.41) is 10.9. The molecule has 2 aromatic carbocycles. The smallest absolute Gasteiger partial charge is 0.220 e. The number of nitrogens with zero attached hydrogens (tertiary/aromatic N) is 2. The van der Waals surface area contributed by atoms with Gasteiger partial charge in [-0.15, -0.1) is 0 Å². The van der Waals surface area contributed by atoms with Gasteiger partial charge in [-0.05, 0) is 29.8 Å². The first-order valence-electron chi connectivity index (χ1n) is 6.84. The second-order valence-corrected chi connectivity index (χ2v) is 5.32. The number of nitrogen functional groups attached to an aromatic ring is 1. The number of rotatable bonds is 3. The zero-order valence-electron chi connectivity index (χ0n) is 12.3. The van der Waals surface area contributed by atoms with Crippen molar-refractivity contribution in [2.75, 3.05) is 12.8 Å². The average molecular weight is 330 g/mol. The minimum atomic E-state index is 0. The van der Waals surface area contributed by atoms with Crippen LogP contribution >= 0.6 is 11.6 Å². The molecular weight excluding hydrogens is 314 g/mol. The highest BCUT2D eigenvalue weighted by Crippen LogP contribution is 2.37. The van der Waals surface area contributed by atoms with Gasteiger partial charge in [0.2, 0.25) is 5.95 Å². The van der Waals surface area contributed by atoms with Crippen molar-refractivity contribution in [3.05, 3.63) is 53.7 Å². The Morgan fingerprint density at radius 1 is 1.13 bits per heavy atom. The quantitative estimate of drug-likeness (QED) is 0.758. The van der Waals surface area contributed by atoms with Gasteiger partial charge in [-0.25, -0.2) is 9.97 Å². The Hall–Kier alpha value is -2.79. The van der Waals surface area contributed by atoms with Crippen LogP contribution in [0.1, 0.15) is 1.43 Å². The van der Waals surface area contributed by atoms with E-state index in [9.17, 15) is 5.11 Å². The number of hydrogen-bond donors (Lipinski definition) is 2. The second-order valence-electron chi connectivity index (χ2n) is 4.88. The lowest BCUT2D eigenvalue weighted by Crippen LogP contribution is -1.99. The van der Waals surface area contributed by atoms with E-state index < -0.39 is 0 Å². The maximum Gasteiger partial charge on any atom is 0.220 e. The van der Waals surface area contributed by atoms with Gasteiger partial charge in [0, 0.05) is 29.8 Å². The first-order chi connectivity index (χ1) is 11.1. The SMILES string of the molecule is COc1ccc(-c2nc(N)ncc2-c2ccc(Cl)cc2)c(O)c1.[HH]. The van der Waals surface area contributed by atoms with Crippen LogP contribution in [0.3, 0.4) is 0 Å². The molecular formula is C17H16ClN3O2. The molecule has 3 rings (SSSR count). The fourth-order valence-electron chi connectivity index (χ4n) is 2.28. The number of nitrogens with two attached hydrogens (primary N) is 1. The van der Waals surface area contributed by atoms with E-state index in [0.29, 0.717) is 22.0 Å². The van der Waals surface area contributed by atoms with Crippen LogP contribution in [0, 0.1) is 0 Å². The Morgan fingerprint density at radius 2 is 1.87 bits per heavy atom. The van der Waals surface area contributed by atoms with Crippen LogP contribution in [0.2, 0.25) is 5.02 Å². The molecule has 23 heavy (non-hydrogen) atoms. The first kappa shape index (κ1) is 15.1. The molecule has 0 aliphatic rings. The van der Waals surface area contributed by atoms with Gasteiger partial charge in [-0.3, -0.25) is 0 Å². The molecule has 1 heterocycles. The van der Waals surface area contributed by atoms with Gasteiger partial charge >= 0.3 is 0 Å². The zero-order chi connectivity index (χ0) is 16.4. The zero-order valence-corrected chi connectivity index (χ0v) is 13.1. The number of anilines is 1. The molecule has 0 aliphatic carbocycles. The number of aromatic hydroxyl groups is 1. The molecule has 0 aliphatic heterocycles. The molecule has 0 radical (unpaired) electrons. The Bertz CT molecular complexity index is 857. The van der Waals surface area contributed by atoms with Crippen molar-refractivity contribution < 1.29 is 11.3 Å². The lowest BCUT2D eigenvalue weighted by molar-refractivity contribution is 0.408. The summed E-state index contributed by atoms with van der Waals surface area (Å²) >= 11 is 5.93. The molecule has 1 aromatic heterocycles. The summed E-state index contributed by atoms with van der Waals surface area (Å²) < 4.78 is 5.11. The number of hydrogen-bond acceptors (Lipinski definition) is 5. The van der Waals surface area contributed by atoms with E-state index in [-0.39, 0.29) is 13.1 Å². The number of halogens is 1. The van der Waals surface area contributed by atoms with Crippen LogP contribution in [-0.4, -0.2) is 22.2 Å². The monoisotopic (exact) mass is 329 g/mol. The topological polar surface area (TPSA) is 81.3 Å². The molecule has 0 saturated heterocycles. The largest absolute Gasteiger partial charge is 0.507 e. The lowest BCUT2D eigenvalue weighted by atomic mass is 10.00. The standard InChI is InChI=1S/C17H14ClN3O2.H2/c1-23-12-6-7-13(15(22)8-12)16-14(9-20-17(19)21-16)10-2-4-11(18)5-3-10;/h2-9,22H,1H3,(H2,19,20,21);1H. The normalized spacial score (nSPS) is 10.5. The fraction of sp³-hybridized carbons (Fsp3) is 0.0588. The van der Waals surface area contributed by atoms with Crippen LogP contribution in [-0.2, 0) is 0 Å². The molecule has 0 saturated carbocycles. The number of phenolic OH excluding ortho intramolecular Hbond substituents is 1. The molecule has 0 amide bonds. The van der Waals surface area contributed by atoms with Gasteiger partial charge in [-0.2, -0.15) is 0 Å². The third-order valence-electron chi connectivity index (χ3n) is 3.42. The predicted molar refractivity (Wildman–Crippen MR) is 92.7 cm³/mol. The molecule has 3 N–H and O–H groups in total. The molecule has 0 unspecified atom stereocenters. The lowest BCUT2D eigenvalue weighted by Gasteiger charge is -2.12. The van der Waals surface area contributed by atoms with Crippen LogP contribution in [0.5, 0.6) is 11.5 Å². The number of aromatic nitrogens is 2. The van der Waals surface area contributed by atoms with Crippen molar-refractivity contribution >= 4 is 17.5 Å². The van der Waals surface area contributed by atoms with Crippen molar-refractivity contribution in [2.24, 2.45) is 0 Å². The van der Waals surface area contributed by atoms with Gasteiger partial charge in [0.15, 0.2) is 0 Å². The maximum absolute atomic E-state index is 10.3.